The van der Waals surface area contributed by atoms with Gasteiger partial charge >= 0.3 is 17.9 Å². The summed E-state index contributed by atoms with van der Waals surface area (Å²) in [5.74, 6) is -1.54. The van der Waals surface area contributed by atoms with E-state index in [4.69, 9.17) is 18.9 Å². The van der Waals surface area contributed by atoms with Crippen LogP contribution in [0.5, 0.6) is 0 Å². The highest BCUT2D eigenvalue weighted by Crippen LogP contribution is 2.59. The average molecular weight is 451 g/mol. The van der Waals surface area contributed by atoms with Gasteiger partial charge in [-0.3, -0.25) is 9.59 Å². The van der Waals surface area contributed by atoms with Crippen LogP contribution in [0.15, 0.2) is 12.2 Å². The van der Waals surface area contributed by atoms with Gasteiger partial charge in [0.1, 0.15) is 0 Å². The zero-order chi connectivity index (χ0) is 23.2. The van der Waals surface area contributed by atoms with E-state index >= 15 is 0 Å². The molecular formula is C25H38O7. The fraction of sp³-hybridized carbons (Fsp3) is 0.800. The minimum Gasteiger partial charge on any atom is -0.465 e. The van der Waals surface area contributed by atoms with Crippen LogP contribution in [0.2, 0.25) is 0 Å². The van der Waals surface area contributed by atoms with Crippen molar-refractivity contribution in [3.63, 3.8) is 0 Å². The van der Waals surface area contributed by atoms with Crippen molar-refractivity contribution in [3.05, 3.63) is 12.2 Å². The molecule has 0 bridgehead atoms. The zero-order valence-electron chi connectivity index (χ0n) is 19.8. The number of rotatable bonds is 7. The third-order valence-electron chi connectivity index (χ3n) is 7.50. The molecule has 7 nitrogen and oxygen atoms in total. The molecule has 0 amide bonds. The molecule has 0 N–H and O–H groups in total. The summed E-state index contributed by atoms with van der Waals surface area (Å²) in [6.45, 7) is 6.58. The number of hydrogen-bond donors (Lipinski definition) is 0. The Kier molecular flexibility index (Phi) is 8.01. The van der Waals surface area contributed by atoms with Gasteiger partial charge in [-0.25, -0.2) is 4.79 Å². The topological polar surface area (TPSA) is 88.1 Å². The number of carbonyl (C=O) groups is 3. The lowest BCUT2D eigenvalue weighted by molar-refractivity contribution is -0.186. The molecule has 0 unspecified atom stereocenters. The molecule has 2 aliphatic carbocycles. The normalized spacial score (nSPS) is 28.7. The van der Waals surface area contributed by atoms with E-state index in [9.17, 15) is 14.4 Å². The first-order valence-corrected chi connectivity index (χ1v) is 12.2. The van der Waals surface area contributed by atoms with Gasteiger partial charge in [0.2, 0.25) is 0 Å². The van der Waals surface area contributed by atoms with Crippen LogP contribution in [-0.2, 0) is 33.3 Å². The predicted molar refractivity (Wildman–Crippen MR) is 118 cm³/mol. The molecule has 2 saturated carbocycles. The molecule has 1 saturated heterocycles. The first kappa shape index (κ1) is 24.7. The fourth-order valence-corrected chi connectivity index (χ4v) is 6.03. The molecule has 1 aliphatic heterocycles. The van der Waals surface area contributed by atoms with Crippen LogP contribution < -0.4 is 0 Å². The number of hydrogen-bond acceptors (Lipinski definition) is 7. The van der Waals surface area contributed by atoms with Gasteiger partial charge in [-0.2, -0.15) is 0 Å². The minimum atomic E-state index is -1.37. The maximum Gasteiger partial charge on any atom is 0.330 e. The number of esters is 3. The molecule has 180 valence electrons. The predicted octanol–water partition coefficient (Wildman–Crippen LogP) is 4.13. The van der Waals surface area contributed by atoms with Gasteiger partial charge in [-0.1, -0.05) is 25.3 Å². The van der Waals surface area contributed by atoms with Gasteiger partial charge in [-0.15, -0.1) is 0 Å². The third-order valence-corrected chi connectivity index (χ3v) is 7.50. The van der Waals surface area contributed by atoms with Gasteiger partial charge in [0.25, 0.3) is 0 Å². The Hall–Kier alpha value is -1.89. The van der Waals surface area contributed by atoms with Crippen LogP contribution in [0.4, 0.5) is 0 Å². The van der Waals surface area contributed by atoms with E-state index in [0.29, 0.717) is 26.1 Å². The van der Waals surface area contributed by atoms with Crippen molar-refractivity contribution in [2.24, 2.45) is 16.7 Å². The van der Waals surface area contributed by atoms with Crippen LogP contribution in [0.3, 0.4) is 0 Å². The lowest BCUT2D eigenvalue weighted by Gasteiger charge is -2.47. The van der Waals surface area contributed by atoms with Crippen molar-refractivity contribution in [1.29, 1.82) is 0 Å². The summed E-state index contributed by atoms with van der Waals surface area (Å²) in [7, 11) is 0. The van der Waals surface area contributed by atoms with E-state index in [1.807, 2.05) is 6.08 Å². The van der Waals surface area contributed by atoms with E-state index in [-0.39, 0.29) is 36.9 Å². The molecule has 0 aromatic heterocycles. The van der Waals surface area contributed by atoms with Gasteiger partial charge < -0.3 is 18.9 Å². The molecule has 1 heterocycles. The Morgan fingerprint density at radius 3 is 2.09 bits per heavy atom. The molecule has 7 heteroatoms. The van der Waals surface area contributed by atoms with Crippen LogP contribution >= 0.6 is 0 Å². The molecular weight excluding hydrogens is 412 g/mol. The first-order chi connectivity index (χ1) is 15.4. The lowest BCUT2D eigenvalue weighted by atomic mass is 9.58. The summed E-state index contributed by atoms with van der Waals surface area (Å²) in [4.78, 5) is 38.3. The lowest BCUT2D eigenvalue weighted by Crippen LogP contribution is -2.55. The highest BCUT2D eigenvalue weighted by molar-refractivity contribution is 6.00. The van der Waals surface area contributed by atoms with Crippen LogP contribution in [-0.4, -0.2) is 49.9 Å². The maximum absolute atomic E-state index is 13.1. The fourth-order valence-electron chi connectivity index (χ4n) is 6.03. The van der Waals surface area contributed by atoms with Crippen molar-refractivity contribution in [2.45, 2.75) is 84.2 Å². The Morgan fingerprint density at radius 1 is 0.875 bits per heavy atom. The zero-order valence-corrected chi connectivity index (χ0v) is 19.8. The smallest absolute Gasteiger partial charge is 0.330 e. The Labute approximate surface area is 191 Å². The van der Waals surface area contributed by atoms with Crippen molar-refractivity contribution in [1.82, 2.24) is 0 Å². The molecule has 0 aromatic carbocycles. The molecule has 0 radical (unpaired) electrons. The summed E-state index contributed by atoms with van der Waals surface area (Å²) in [5.41, 5.74) is -2.01. The van der Waals surface area contributed by atoms with Gasteiger partial charge in [0, 0.05) is 18.4 Å². The standard InChI is InChI=1S/C25H38O7/c1-4-29-20(26)11-10-19-12-15-24(21(27)30-5-2,22(28)31-6-3)17-25(19)16-23(18-32-25)13-8-7-9-14-23/h10-11,19H,4-9,12-18H2,1-3H3/b11-10+/t19-,25-/m0/s1. The average Bonchev–Trinajstić information content (AvgIpc) is 3.11. The second-order valence-electron chi connectivity index (χ2n) is 9.55. The van der Waals surface area contributed by atoms with E-state index in [2.05, 4.69) is 0 Å². The van der Waals surface area contributed by atoms with Crippen molar-refractivity contribution in [3.8, 4) is 0 Å². The maximum atomic E-state index is 13.1. The highest BCUT2D eigenvalue weighted by Gasteiger charge is 2.63. The van der Waals surface area contributed by atoms with Crippen molar-refractivity contribution >= 4 is 17.9 Å². The Morgan fingerprint density at radius 2 is 1.50 bits per heavy atom. The van der Waals surface area contributed by atoms with Gasteiger partial charge in [-0.05, 0) is 58.3 Å². The summed E-state index contributed by atoms with van der Waals surface area (Å²) in [6, 6.07) is 0. The second-order valence-corrected chi connectivity index (χ2v) is 9.55. The van der Waals surface area contributed by atoms with Crippen LogP contribution in [0, 0.1) is 16.7 Å². The van der Waals surface area contributed by atoms with Crippen LogP contribution in [0.25, 0.3) is 0 Å². The van der Waals surface area contributed by atoms with Gasteiger partial charge in [0.15, 0.2) is 5.41 Å². The van der Waals surface area contributed by atoms with Gasteiger partial charge in [0.05, 0.1) is 32.0 Å². The van der Waals surface area contributed by atoms with E-state index < -0.39 is 23.0 Å². The second kappa shape index (κ2) is 10.4. The van der Waals surface area contributed by atoms with Crippen molar-refractivity contribution in [2.75, 3.05) is 26.4 Å². The minimum absolute atomic E-state index is 0.0701. The summed E-state index contributed by atoms with van der Waals surface area (Å²) in [6.07, 6.45) is 10.9. The summed E-state index contributed by atoms with van der Waals surface area (Å²) >= 11 is 0. The monoisotopic (exact) mass is 450 g/mol. The number of ether oxygens (including phenoxy) is 4. The molecule has 3 fully saturated rings. The molecule has 32 heavy (non-hydrogen) atoms. The van der Waals surface area contributed by atoms with E-state index in [1.54, 1.807) is 20.8 Å². The Balaban J connectivity index is 1.95. The SMILES string of the molecule is CCOC(=O)/C=C/[C@H]1CCC(C(=O)OCC)(C(=O)OCC)C[C@@]12CC1(CCCCC1)CO2. The largest absolute Gasteiger partial charge is 0.465 e. The quantitative estimate of drug-likeness (QED) is 0.249. The summed E-state index contributed by atoms with van der Waals surface area (Å²) < 4.78 is 22.4. The molecule has 2 spiro atoms. The summed E-state index contributed by atoms with van der Waals surface area (Å²) in [5, 5.41) is 0. The molecule has 0 aromatic rings. The van der Waals surface area contributed by atoms with Crippen molar-refractivity contribution < 1.29 is 33.3 Å². The molecule has 3 aliphatic rings. The first-order valence-electron chi connectivity index (χ1n) is 12.2. The molecule has 2 atom stereocenters. The Bertz CT molecular complexity index is 704. The molecule has 3 rings (SSSR count). The highest BCUT2D eigenvalue weighted by atomic mass is 16.6. The van der Waals surface area contributed by atoms with E-state index in [0.717, 1.165) is 19.3 Å². The van der Waals surface area contributed by atoms with Crippen LogP contribution in [0.1, 0.15) is 78.6 Å². The van der Waals surface area contributed by atoms with E-state index in [1.165, 1.54) is 25.3 Å². The third kappa shape index (κ3) is 4.87. The number of carbonyl (C=O) groups excluding carboxylic acids is 3.